The molecule has 1 aromatic carbocycles. The lowest BCUT2D eigenvalue weighted by Crippen LogP contribution is -2.18. The van der Waals surface area contributed by atoms with Crippen LogP contribution in [0.5, 0.6) is 11.5 Å². The van der Waals surface area contributed by atoms with Crippen molar-refractivity contribution in [2.75, 3.05) is 6.66 Å². The number of allylic oxidation sites excluding steroid dienone is 3. The van der Waals surface area contributed by atoms with Gasteiger partial charge in [-0.2, -0.15) is 0 Å². The van der Waals surface area contributed by atoms with Gasteiger partial charge in [0, 0.05) is 18.1 Å². The summed E-state index contributed by atoms with van der Waals surface area (Å²) in [5.41, 5.74) is 3.82. The van der Waals surface area contributed by atoms with E-state index in [1.165, 1.54) is 12.2 Å². The molecule has 0 saturated heterocycles. The highest BCUT2D eigenvalue weighted by Crippen LogP contribution is 2.50. The van der Waals surface area contributed by atoms with E-state index in [0.717, 1.165) is 49.7 Å². The molecule has 0 aromatic heterocycles. The van der Waals surface area contributed by atoms with E-state index >= 15 is 0 Å². The van der Waals surface area contributed by atoms with E-state index in [9.17, 15) is 14.6 Å². The summed E-state index contributed by atoms with van der Waals surface area (Å²) in [4.78, 5) is 9.84. The SMILES string of the molecule is C=C(C)C1CCC(C)=CC1c1c(O)cc(CCCCC)cc1OP(C)(=O)O. The number of phenolic OH excluding ortho intramolecular Hbond substituents is 1. The van der Waals surface area contributed by atoms with Crippen LogP contribution in [0.2, 0.25) is 0 Å². The topological polar surface area (TPSA) is 66.8 Å². The minimum atomic E-state index is -3.75. The monoisotopic (exact) mass is 392 g/mol. The zero-order valence-electron chi connectivity index (χ0n) is 17.0. The number of rotatable bonds is 8. The first kappa shape index (κ1) is 21.8. The van der Waals surface area contributed by atoms with E-state index in [0.29, 0.717) is 11.3 Å². The van der Waals surface area contributed by atoms with Gasteiger partial charge in [0.25, 0.3) is 0 Å². The average Bonchev–Trinajstić information content (AvgIpc) is 2.53. The summed E-state index contributed by atoms with van der Waals surface area (Å²) in [6, 6.07) is 3.60. The van der Waals surface area contributed by atoms with Gasteiger partial charge in [0.15, 0.2) is 0 Å². The third kappa shape index (κ3) is 5.99. The van der Waals surface area contributed by atoms with Crippen molar-refractivity contribution < 1.29 is 19.1 Å². The van der Waals surface area contributed by atoms with Gasteiger partial charge >= 0.3 is 7.60 Å². The Labute approximate surface area is 163 Å². The maximum atomic E-state index is 12.0. The summed E-state index contributed by atoms with van der Waals surface area (Å²) in [5.74, 6) is 0.511. The normalized spacial score (nSPS) is 22.0. The van der Waals surface area contributed by atoms with Crippen LogP contribution >= 0.6 is 7.60 Å². The van der Waals surface area contributed by atoms with Crippen molar-refractivity contribution >= 4 is 7.60 Å². The lowest BCUT2D eigenvalue weighted by molar-refractivity contribution is 0.376. The summed E-state index contributed by atoms with van der Waals surface area (Å²) in [6.07, 6.45) is 8.11. The fourth-order valence-corrected chi connectivity index (χ4v) is 4.41. The molecule has 4 nitrogen and oxygen atoms in total. The third-order valence-corrected chi connectivity index (χ3v) is 5.77. The average molecular weight is 392 g/mol. The molecule has 1 aliphatic carbocycles. The van der Waals surface area contributed by atoms with E-state index in [1.807, 2.05) is 13.0 Å². The van der Waals surface area contributed by atoms with Crippen molar-refractivity contribution in [2.24, 2.45) is 5.92 Å². The lowest BCUT2D eigenvalue weighted by atomic mass is 9.73. The molecule has 0 fully saturated rings. The van der Waals surface area contributed by atoms with Gasteiger partial charge in [-0.1, -0.05) is 43.6 Å². The van der Waals surface area contributed by atoms with E-state index < -0.39 is 7.60 Å². The van der Waals surface area contributed by atoms with Crippen molar-refractivity contribution in [3.05, 3.63) is 47.1 Å². The Morgan fingerprint density at radius 2 is 2.07 bits per heavy atom. The Bertz CT molecular complexity index is 760. The predicted molar refractivity (Wildman–Crippen MR) is 112 cm³/mol. The van der Waals surface area contributed by atoms with Crippen LogP contribution in [0.4, 0.5) is 0 Å². The number of phenols is 1. The summed E-state index contributed by atoms with van der Waals surface area (Å²) in [7, 11) is -3.75. The number of aryl methyl sites for hydroxylation is 1. The molecule has 3 atom stereocenters. The highest BCUT2D eigenvalue weighted by Gasteiger charge is 2.31. The molecule has 27 heavy (non-hydrogen) atoms. The lowest BCUT2D eigenvalue weighted by Gasteiger charge is -2.32. The fourth-order valence-electron chi connectivity index (χ4n) is 3.89. The van der Waals surface area contributed by atoms with E-state index in [-0.39, 0.29) is 17.6 Å². The molecular formula is C22H33O4P. The Hall–Kier alpha value is -1.51. The molecule has 0 amide bonds. The van der Waals surface area contributed by atoms with Crippen LogP contribution in [0.15, 0.2) is 35.9 Å². The molecule has 2 N–H and O–H groups in total. The van der Waals surface area contributed by atoms with Gasteiger partial charge in [-0.25, -0.2) is 4.57 Å². The first-order valence-electron chi connectivity index (χ1n) is 9.80. The van der Waals surface area contributed by atoms with Crippen LogP contribution in [0.1, 0.15) is 69.9 Å². The molecule has 0 saturated carbocycles. The number of hydrogen-bond donors (Lipinski definition) is 2. The second-order valence-electron chi connectivity index (χ2n) is 7.91. The summed E-state index contributed by atoms with van der Waals surface area (Å²) >= 11 is 0. The number of unbranched alkanes of at least 4 members (excludes halogenated alkanes) is 2. The van der Waals surface area contributed by atoms with Gasteiger partial charge in [-0.15, -0.1) is 0 Å². The summed E-state index contributed by atoms with van der Waals surface area (Å²) in [5, 5.41) is 10.9. The van der Waals surface area contributed by atoms with Crippen LogP contribution in [-0.4, -0.2) is 16.7 Å². The van der Waals surface area contributed by atoms with Crippen LogP contribution in [-0.2, 0) is 11.0 Å². The molecule has 0 bridgehead atoms. The molecular weight excluding hydrogens is 359 g/mol. The van der Waals surface area contributed by atoms with E-state index in [4.69, 9.17) is 4.52 Å². The Balaban J connectivity index is 2.53. The largest absolute Gasteiger partial charge is 0.507 e. The van der Waals surface area contributed by atoms with E-state index in [2.05, 4.69) is 26.5 Å². The van der Waals surface area contributed by atoms with E-state index in [1.54, 1.807) is 6.07 Å². The molecule has 5 heteroatoms. The van der Waals surface area contributed by atoms with Crippen molar-refractivity contribution in [2.45, 2.75) is 65.2 Å². The first-order chi connectivity index (χ1) is 12.6. The first-order valence-corrected chi connectivity index (χ1v) is 11.8. The zero-order chi connectivity index (χ0) is 20.2. The molecule has 1 aromatic rings. The van der Waals surface area contributed by atoms with Crippen LogP contribution in [0.25, 0.3) is 0 Å². The van der Waals surface area contributed by atoms with Gasteiger partial charge in [0.1, 0.15) is 11.5 Å². The molecule has 0 heterocycles. The molecule has 0 radical (unpaired) electrons. The predicted octanol–water partition coefficient (Wildman–Crippen LogP) is 6.33. The second kappa shape index (κ2) is 9.12. The van der Waals surface area contributed by atoms with Gasteiger partial charge in [-0.05, 0) is 63.1 Å². The second-order valence-corrected chi connectivity index (χ2v) is 9.70. The van der Waals surface area contributed by atoms with Crippen LogP contribution in [0.3, 0.4) is 0 Å². The van der Waals surface area contributed by atoms with Crippen molar-refractivity contribution in [3.8, 4) is 11.5 Å². The van der Waals surface area contributed by atoms with Gasteiger partial charge in [-0.3, -0.25) is 0 Å². The highest BCUT2D eigenvalue weighted by molar-refractivity contribution is 7.52. The van der Waals surface area contributed by atoms with Gasteiger partial charge < -0.3 is 14.5 Å². The summed E-state index contributed by atoms with van der Waals surface area (Å²) < 4.78 is 17.5. The Morgan fingerprint density at radius 3 is 2.67 bits per heavy atom. The molecule has 1 aliphatic rings. The van der Waals surface area contributed by atoms with Crippen molar-refractivity contribution in [1.29, 1.82) is 0 Å². The van der Waals surface area contributed by atoms with Gasteiger partial charge in [0.2, 0.25) is 0 Å². The van der Waals surface area contributed by atoms with Crippen molar-refractivity contribution in [1.82, 2.24) is 0 Å². The van der Waals surface area contributed by atoms with Crippen molar-refractivity contribution in [3.63, 3.8) is 0 Å². The molecule has 150 valence electrons. The smallest absolute Gasteiger partial charge is 0.373 e. The molecule has 0 spiro atoms. The standard InChI is InChI=1S/C22H33O4P/c1-6-7-8-9-17-13-20(23)22(21(14-17)26-27(5,24)25)19-12-16(4)10-11-18(19)15(2)3/h12-14,18-19,23H,2,6-11H2,1,3-5H3,(H,24,25). The minimum Gasteiger partial charge on any atom is -0.507 e. The Morgan fingerprint density at radius 1 is 1.37 bits per heavy atom. The zero-order valence-corrected chi connectivity index (χ0v) is 17.9. The number of benzene rings is 1. The number of aromatic hydroxyl groups is 1. The molecule has 0 aliphatic heterocycles. The molecule has 3 unspecified atom stereocenters. The minimum absolute atomic E-state index is 0.109. The number of hydrogen-bond acceptors (Lipinski definition) is 3. The fraction of sp³-hybridized carbons (Fsp3) is 0.545. The maximum absolute atomic E-state index is 12.0. The van der Waals surface area contributed by atoms with Gasteiger partial charge in [0.05, 0.1) is 0 Å². The quantitative estimate of drug-likeness (QED) is 0.308. The van der Waals surface area contributed by atoms with Crippen LogP contribution in [0, 0.1) is 5.92 Å². The molecule has 2 rings (SSSR count). The summed E-state index contributed by atoms with van der Waals surface area (Å²) in [6.45, 7) is 11.5. The highest BCUT2D eigenvalue weighted by atomic mass is 31.2. The Kier molecular flexibility index (Phi) is 7.36. The van der Waals surface area contributed by atoms with Crippen LogP contribution < -0.4 is 4.52 Å². The maximum Gasteiger partial charge on any atom is 0.373 e. The third-order valence-electron chi connectivity index (χ3n) is 5.23.